The summed E-state index contributed by atoms with van der Waals surface area (Å²) in [6.45, 7) is 1.45. The minimum absolute atomic E-state index is 0.0621. The third-order valence-electron chi connectivity index (χ3n) is 3.19. The number of methoxy groups -OCH3 is 2. The summed E-state index contributed by atoms with van der Waals surface area (Å²) >= 11 is 0. The van der Waals surface area contributed by atoms with Crippen molar-refractivity contribution in [2.75, 3.05) is 14.2 Å². The summed E-state index contributed by atoms with van der Waals surface area (Å²) in [4.78, 5) is 32.9. The highest BCUT2D eigenvalue weighted by Crippen LogP contribution is 2.37. The summed E-state index contributed by atoms with van der Waals surface area (Å²) in [6.07, 6.45) is 0. The van der Waals surface area contributed by atoms with Crippen LogP contribution in [0, 0.1) is 0 Å². The van der Waals surface area contributed by atoms with E-state index in [9.17, 15) is 14.7 Å². The first-order chi connectivity index (χ1) is 11.5. The standard InChI is InChI=1S/C17H16O7/c1-10(18)11-4-6-13(7-5-11)23-24-17(20)12-8-14(21-2)16(19)15(9-12)22-3/h4-9,19H,1-3H3. The van der Waals surface area contributed by atoms with Gasteiger partial charge >= 0.3 is 5.97 Å². The molecule has 0 aliphatic carbocycles. The Morgan fingerprint density at radius 3 is 1.92 bits per heavy atom. The molecule has 0 heterocycles. The van der Waals surface area contributed by atoms with Crippen LogP contribution in [0.1, 0.15) is 27.6 Å². The van der Waals surface area contributed by atoms with Crippen LogP contribution in [-0.4, -0.2) is 31.1 Å². The van der Waals surface area contributed by atoms with Crippen LogP contribution in [0.5, 0.6) is 23.0 Å². The number of aromatic hydroxyl groups is 1. The first-order valence-corrected chi connectivity index (χ1v) is 6.91. The van der Waals surface area contributed by atoms with Crippen LogP contribution in [-0.2, 0) is 4.89 Å². The quantitative estimate of drug-likeness (QED) is 0.494. The molecule has 7 nitrogen and oxygen atoms in total. The van der Waals surface area contributed by atoms with Gasteiger partial charge in [0.15, 0.2) is 23.0 Å². The van der Waals surface area contributed by atoms with Gasteiger partial charge in [-0.2, -0.15) is 0 Å². The Kier molecular flexibility index (Phi) is 5.26. The number of ether oxygens (including phenoxy) is 2. The number of hydrogen-bond acceptors (Lipinski definition) is 7. The van der Waals surface area contributed by atoms with Crippen molar-refractivity contribution in [1.82, 2.24) is 0 Å². The molecule has 0 radical (unpaired) electrons. The average Bonchev–Trinajstić information content (AvgIpc) is 2.60. The minimum atomic E-state index is -0.803. The van der Waals surface area contributed by atoms with Crippen molar-refractivity contribution in [2.24, 2.45) is 0 Å². The molecular formula is C17H16O7. The summed E-state index contributed by atoms with van der Waals surface area (Å²) in [5.74, 6) is -0.730. The van der Waals surface area contributed by atoms with Gasteiger partial charge in [-0.05, 0) is 43.3 Å². The van der Waals surface area contributed by atoms with Gasteiger partial charge in [-0.25, -0.2) is 9.68 Å². The van der Waals surface area contributed by atoms with Crippen molar-refractivity contribution in [3.63, 3.8) is 0 Å². The zero-order valence-electron chi connectivity index (χ0n) is 13.4. The Morgan fingerprint density at radius 1 is 0.917 bits per heavy atom. The fourth-order valence-electron chi connectivity index (χ4n) is 1.89. The lowest BCUT2D eigenvalue weighted by Gasteiger charge is -2.10. The van der Waals surface area contributed by atoms with E-state index in [1.807, 2.05) is 0 Å². The third-order valence-corrected chi connectivity index (χ3v) is 3.19. The van der Waals surface area contributed by atoms with E-state index in [0.717, 1.165) is 0 Å². The number of carbonyl (C=O) groups is 2. The molecule has 0 atom stereocenters. The lowest BCUT2D eigenvalue weighted by atomic mass is 10.1. The maximum atomic E-state index is 12.0. The second-order valence-electron chi connectivity index (χ2n) is 4.76. The predicted octanol–water partition coefficient (Wildman–Crippen LogP) is 2.76. The molecule has 126 valence electrons. The molecule has 2 aromatic rings. The first kappa shape index (κ1) is 17.1. The fourth-order valence-corrected chi connectivity index (χ4v) is 1.89. The molecule has 0 aliphatic heterocycles. The van der Waals surface area contributed by atoms with Gasteiger partial charge in [0.2, 0.25) is 5.75 Å². The van der Waals surface area contributed by atoms with Crippen LogP contribution < -0.4 is 14.4 Å². The zero-order valence-corrected chi connectivity index (χ0v) is 13.4. The van der Waals surface area contributed by atoms with Crippen molar-refractivity contribution in [2.45, 2.75) is 6.92 Å². The highest BCUT2D eigenvalue weighted by molar-refractivity contribution is 5.94. The SMILES string of the molecule is COc1cc(C(=O)OOc2ccc(C(C)=O)cc2)cc(OC)c1O. The Morgan fingerprint density at radius 2 is 1.46 bits per heavy atom. The van der Waals surface area contributed by atoms with Crippen LogP contribution in [0.3, 0.4) is 0 Å². The van der Waals surface area contributed by atoms with E-state index < -0.39 is 5.97 Å². The highest BCUT2D eigenvalue weighted by Gasteiger charge is 2.18. The Balaban J connectivity index is 2.11. The third kappa shape index (κ3) is 3.75. The number of Topliss-reactive ketones (excluding diaryl/α,β-unsaturated/α-hetero) is 1. The van der Waals surface area contributed by atoms with E-state index in [-0.39, 0.29) is 34.3 Å². The first-order valence-electron chi connectivity index (χ1n) is 6.91. The van der Waals surface area contributed by atoms with Gasteiger partial charge in [-0.15, -0.1) is 0 Å². The summed E-state index contributed by atoms with van der Waals surface area (Å²) in [5, 5.41) is 9.81. The molecule has 2 aromatic carbocycles. The number of phenolic OH excluding ortho intramolecular Hbond substituents is 1. The van der Waals surface area contributed by atoms with Crippen molar-refractivity contribution in [1.29, 1.82) is 0 Å². The largest absolute Gasteiger partial charge is 0.502 e. The van der Waals surface area contributed by atoms with Gasteiger partial charge in [0.1, 0.15) is 0 Å². The van der Waals surface area contributed by atoms with Crippen LogP contribution in [0.15, 0.2) is 36.4 Å². The molecule has 0 amide bonds. The molecule has 7 heteroatoms. The van der Waals surface area contributed by atoms with Gasteiger partial charge < -0.3 is 14.6 Å². The van der Waals surface area contributed by atoms with Gasteiger partial charge in [-0.1, -0.05) is 0 Å². The van der Waals surface area contributed by atoms with E-state index in [1.54, 1.807) is 12.1 Å². The van der Waals surface area contributed by atoms with Crippen molar-refractivity contribution < 1.29 is 33.9 Å². The summed E-state index contributed by atoms with van der Waals surface area (Å²) in [7, 11) is 2.69. The molecule has 2 rings (SSSR count). The maximum Gasteiger partial charge on any atom is 0.386 e. The monoisotopic (exact) mass is 332 g/mol. The summed E-state index contributed by atoms with van der Waals surface area (Å²) in [5.41, 5.74) is 0.587. The Labute approximate surface area is 138 Å². The van der Waals surface area contributed by atoms with Gasteiger partial charge in [0.05, 0.1) is 19.8 Å². The van der Waals surface area contributed by atoms with Gasteiger partial charge in [-0.3, -0.25) is 9.68 Å². The topological polar surface area (TPSA) is 91.3 Å². The fraction of sp³-hybridized carbons (Fsp3) is 0.176. The molecule has 0 aliphatic rings. The molecule has 0 aromatic heterocycles. The molecule has 0 bridgehead atoms. The van der Waals surface area contributed by atoms with Crippen molar-refractivity contribution in [3.05, 3.63) is 47.5 Å². The van der Waals surface area contributed by atoms with E-state index in [1.165, 1.54) is 45.4 Å². The van der Waals surface area contributed by atoms with E-state index in [0.29, 0.717) is 5.56 Å². The lowest BCUT2D eigenvalue weighted by molar-refractivity contribution is -0.149. The van der Waals surface area contributed by atoms with E-state index in [2.05, 4.69) is 0 Å². The molecule has 0 spiro atoms. The van der Waals surface area contributed by atoms with Crippen LogP contribution >= 0.6 is 0 Å². The number of phenols is 1. The second-order valence-corrected chi connectivity index (χ2v) is 4.76. The molecular weight excluding hydrogens is 316 g/mol. The van der Waals surface area contributed by atoms with Crippen LogP contribution in [0.4, 0.5) is 0 Å². The van der Waals surface area contributed by atoms with Crippen LogP contribution in [0.25, 0.3) is 0 Å². The Bertz CT molecular complexity index is 725. The molecule has 0 fully saturated rings. The summed E-state index contributed by atoms with van der Waals surface area (Å²) < 4.78 is 9.93. The maximum absolute atomic E-state index is 12.0. The smallest absolute Gasteiger partial charge is 0.386 e. The second kappa shape index (κ2) is 7.36. The predicted molar refractivity (Wildman–Crippen MR) is 83.7 cm³/mol. The van der Waals surface area contributed by atoms with Gasteiger partial charge in [0, 0.05) is 5.56 Å². The molecule has 0 saturated carbocycles. The zero-order chi connectivity index (χ0) is 17.7. The number of ketones is 1. The number of rotatable bonds is 6. The molecule has 1 N–H and O–H groups in total. The van der Waals surface area contributed by atoms with Gasteiger partial charge in [0.25, 0.3) is 0 Å². The van der Waals surface area contributed by atoms with Crippen molar-refractivity contribution >= 4 is 11.8 Å². The highest BCUT2D eigenvalue weighted by atomic mass is 17.2. The summed E-state index contributed by atoms with van der Waals surface area (Å²) in [6, 6.07) is 8.70. The number of hydrogen-bond donors (Lipinski definition) is 1. The lowest BCUT2D eigenvalue weighted by Crippen LogP contribution is -2.09. The number of carbonyl (C=O) groups excluding carboxylic acids is 2. The minimum Gasteiger partial charge on any atom is -0.502 e. The van der Waals surface area contributed by atoms with Crippen molar-refractivity contribution in [3.8, 4) is 23.0 Å². The molecule has 0 saturated heterocycles. The molecule has 24 heavy (non-hydrogen) atoms. The van der Waals surface area contributed by atoms with Crippen LogP contribution in [0.2, 0.25) is 0 Å². The van der Waals surface area contributed by atoms with E-state index in [4.69, 9.17) is 19.2 Å². The normalized spacial score (nSPS) is 9.96. The Hall–Kier alpha value is -3.22. The average molecular weight is 332 g/mol. The molecule has 0 unspecified atom stereocenters. The van der Waals surface area contributed by atoms with E-state index >= 15 is 0 Å². The number of benzene rings is 2.